The number of aromatic amines is 1. The van der Waals surface area contributed by atoms with E-state index in [0.29, 0.717) is 11.5 Å². The molecular weight excluding hydrogens is 500 g/mol. The van der Waals surface area contributed by atoms with Crippen LogP contribution in [-0.2, 0) is 15.1 Å². The van der Waals surface area contributed by atoms with Crippen LogP contribution >= 0.6 is 0 Å². The van der Waals surface area contributed by atoms with Crippen molar-refractivity contribution in [2.45, 2.75) is 30.5 Å². The van der Waals surface area contributed by atoms with Crippen molar-refractivity contribution < 1.29 is 24.1 Å². The van der Waals surface area contributed by atoms with Crippen LogP contribution in [0.4, 0.5) is 0 Å². The van der Waals surface area contributed by atoms with E-state index in [2.05, 4.69) is 4.98 Å². The summed E-state index contributed by atoms with van der Waals surface area (Å²) in [5, 5.41) is 10.9. The Bertz CT molecular complexity index is 1450. The lowest BCUT2D eigenvalue weighted by atomic mass is 9.80. The highest BCUT2D eigenvalue weighted by molar-refractivity contribution is 5.49. The third kappa shape index (κ3) is 5.24. The second-order valence-corrected chi connectivity index (χ2v) is 9.26. The van der Waals surface area contributed by atoms with Crippen LogP contribution in [-0.4, -0.2) is 47.7 Å². The highest BCUT2D eigenvalue weighted by Crippen LogP contribution is 2.42. The van der Waals surface area contributed by atoms with Crippen LogP contribution < -0.4 is 20.7 Å². The number of H-pyrrole nitrogens is 1. The van der Waals surface area contributed by atoms with Crippen LogP contribution in [0.1, 0.15) is 29.3 Å². The maximum atomic E-state index is 12.3. The predicted octanol–water partition coefficient (Wildman–Crippen LogP) is 3.21. The monoisotopic (exact) mass is 530 g/mol. The Morgan fingerprint density at radius 2 is 1.44 bits per heavy atom. The van der Waals surface area contributed by atoms with Crippen molar-refractivity contribution in [3.63, 3.8) is 0 Å². The summed E-state index contributed by atoms with van der Waals surface area (Å²) in [6.45, 7) is 0.0166. The van der Waals surface area contributed by atoms with Crippen molar-refractivity contribution in [1.29, 1.82) is 0 Å². The van der Waals surface area contributed by atoms with Crippen molar-refractivity contribution in [3.8, 4) is 11.5 Å². The molecule has 39 heavy (non-hydrogen) atoms. The first-order valence-electron chi connectivity index (χ1n) is 12.6. The van der Waals surface area contributed by atoms with E-state index in [1.54, 1.807) is 14.2 Å². The third-order valence-electron chi connectivity index (χ3n) is 7.00. The molecule has 0 saturated carbocycles. The molecule has 9 nitrogen and oxygen atoms in total. The number of aromatic nitrogens is 2. The quantitative estimate of drug-likeness (QED) is 0.320. The minimum absolute atomic E-state index is 0.0166. The number of ether oxygens (including phenoxy) is 4. The van der Waals surface area contributed by atoms with Gasteiger partial charge in [0, 0.05) is 18.7 Å². The molecule has 1 saturated heterocycles. The van der Waals surface area contributed by atoms with Gasteiger partial charge >= 0.3 is 5.69 Å². The molecule has 0 bridgehead atoms. The van der Waals surface area contributed by atoms with Gasteiger partial charge in [-0.05, 0) is 41.0 Å². The zero-order valence-corrected chi connectivity index (χ0v) is 21.7. The summed E-state index contributed by atoms with van der Waals surface area (Å²) in [6, 6.07) is 26.3. The highest BCUT2D eigenvalue weighted by Gasteiger charge is 2.42. The highest BCUT2D eigenvalue weighted by atomic mass is 16.6. The van der Waals surface area contributed by atoms with Gasteiger partial charge < -0.3 is 24.1 Å². The van der Waals surface area contributed by atoms with Gasteiger partial charge in [-0.3, -0.25) is 14.3 Å². The largest absolute Gasteiger partial charge is 0.497 e. The average Bonchev–Trinajstić information content (AvgIpc) is 3.34. The molecule has 5 rings (SSSR count). The van der Waals surface area contributed by atoms with E-state index < -0.39 is 35.3 Å². The zero-order chi connectivity index (χ0) is 27.4. The Kier molecular flexibility index (Phi) is 7.65. The molecular formula is C30H30N2O7. The number of hydrogen-bond acceptors (Lipinski definition) is 7. The summed E-state index contributed by atoms with van der Waals surface area (Å²) in [5.41, 5.74) is 0.399. The number of nitrogens with zero attached hydrogens (tertiary/aromatic N) is 1. The SMILES string of the molecule is COc1ccc(C(OC[C@@H]2O[C@H](n3ccc(=O)[nH]c3=O)C[C@H]2O)(c2ccccc2)c2ccc(OC)cc2)cc1. The molecule has 0 spiro atoms. The lowest BCUT2D eigenvalue weighted by molar-refractivity contribution is -0.0944. The predicted molar refractivity (Wildman–Crippen MR) is 144 cm³/mol. The van der Waals surface area contributed by atoms with Gasteiger partial charge in [0.1, 0.15) is 29.4 Å². The second kappa shape index (κ2) is 11.3. The minimum atomic E-state index is -1.07. The van der Waals surface area contributed by atoms with Gasteiger partial charge in [-0.1, -0.05) is 54.6 Å². The van der Waals surface area contributed by atoms with Crippen LogP contribution in [0.25, 0.3) is 0 Å². The Labute approximate surface area is 225 Å². The van der Waals surface area contributed by atoms with Crippen LogP contribution in [0.5, 0.6) is 11.5 Å². The molecule has 3 atom stereocenters. The first-order valence-corrected chi connectivity index (χ1v) is 12.6. The number of methoxy groups -OCH3 is 2. The molecule has 2 N–H and O–H groups in total. The van der Waals surface area contributed by atoms with Gasteiger partial charge in [-0.2, -0.15) is 0 Å². The van der Waals surface area contributed by atoms with E-state index in [4.69, 9.17) is 18.9 Å². The van der Waals surface area contributed by atoms with Gasteiger partial charge in [0.15, 0.2) is 0 Å². The third-order valence-corrected chi connectivity index (χ3v) is 7.00. The Morgan fingerprint density at radius 1 is 0.872 bits per heavy atom. The van der Waals surface area contributed by atoms with E-state index >= 15 is 0 Å². The van der Waals surface area contributed by atoms with Crippen molar-refractivity contribution in [2.24, 2.45) is 0 Å². The van der Waals surface area contributed by atoms with Crippen LogP contribution in [0, 0.1) is 0 Å². The maximum Gasteiger partial charge on any atom is 0.330 e. The van der Waals surface area contributed by atoms with Crippen LogP contribution in [0.2, 0.25) is 0 Å². The molecule has 202 valence electrons. The van der Waals surface area contributed by atoms with E-state index in [0.717, 1.165) is 16.7 Å². The number of benzene rings is 3. The van der Waals surface area contributed by atoms with Crippen LogP contribution in [0.15, 0.2) is 101 Å². The van der Waals surface area contributed by atoms with Crippen LogP contribution in [0.3, 0.4) is 0 Å². The second-order valence-electron chi connectivity index (χ2n) is 9.26. The minimum Gasteiger partial charge on any atom is -0.497 e. The summed E-state index contributed by atoms with van der Waals surface area (Å²) in [6.07, 6.45) is -0.831. The van der Waals surface area contributed by atoms with E-state index in [1.165, 1.54) is 16.8 Å². The molecule has 2 heterocycles. The lowest BCUT2D eigenvalue weighted by Crippen LogP contribution is -2.38. The molecule has 0 amide bonds. The Balaban J connectivity index is 1.54. The maximum absolute atomic E-state index is 12.3. The topological polar surface area (TPSA) is 112 Å². The standard InChI is InChI=1S/C30H30N2O7/c1-36-23-12-8-21(9-13-23)30(20-6-4-3-5-7-20,22-10-14-24(37-2)15-11-22)38-19-26-25(33)18-28(39-26)32-17-16-27(34)31-29(32)35/h3-17,25-26,28,33H,18-19H2,1-2H3,(H,31,34,35)/t25-,26+,28+/m1/s1. The van der Waals surface area contributed by atoms with E-state index in [1.807, 2.05) is 78.9 Å². The van der Waals surface area contributed by atoms with Gasteiger partial charge in [0.25, 0.3) is 5.56 Å². The molecule has 9 heteroatoms. The number of aliphatic hydroxyl groups excluding tert-OH is 1. The molecule has 1 fully saturated rings. The van der Waals surface area contributed by atoms with Gasteiger partial charge in [0.05, 0.1) is 26.9 Å². The normalized spacial score (nSPS) is 19.1. The van der Waals surface area contributed by atoms with E-state index in [-0.39, 0.29) is 13.0 Å². The number of hydrogen-bond donors (Lipinski definition) is 2. The average molecular weight is 531 g/mol. The number of nitrogens with one attached hydrogen (secondary N) is 1. The summed E-state index contributed by atoms with van der Waals surface area (Å²) >= 11 is 0. The van der Waals surface area contributed by atoms with Gasteiger partial charge in [-0.15, -0.1) is 0 Å². The molecule has 1 aromatic heterocycles. The van der Waals surface area contributed by atoms with Crippen molar-refractivity contribution in [2.75, 3.05) is 20.8 Å². The molecule has 0 aliphatic carbocycles. The van der Waals surface area contributed by atoms with Gasteiger partial charge in [0.2, 0.25) is 0 Å². The number of rotatable bonds is 9. The molecule has 4 aromatic rings. The summed E-state index contributed by atoms with van der Waals surface area (Å²) in [4.78, 5) is 26.0. The summed E-state index contributed by atoms with van der Waals surface area (Å²) in [5.74, 6) is 1.42. The molecule has 0 unspecified atom stereocenters. The molecule has 0 radical (unpaired) electrons. The summed E-state index contributed by atoms with van der Waals surface area (Å²) in [7, 11) is 3.23. The smallest absolute Gasteiger partial charge is 0.330 e. The molecule has 3 aromatic carbocycles. The lowest BCUT2D eigenvalue weighted by Gasteiger charge is -2.37. The van der Waals surface area contributed by atoms with Crippen molar-refractivity contribution >= 4 is 0 Å². The fourth-order valence-electron chi connectivity index (χ4n) is 4.97. The van der Waals surface area contributed by atoms with Crippen molar-refractivity contribution in [3.05, 3.63) is 129 Å². The molecule has 1 aliphatic rings. The fourth-order valence-corrected chi connectivity index (χ4v) is 4.97. The first kappa shape index (κ1) is 26.4. The van der Waals surface area contributed by atoms with Crippen molar-refractivity contribution in [1.82, 2.24) is 9.55 Å². The van der Waals surface area contributed by atoms with E-state index in [9.17, 15) is 14.7 Å². The number of aliphatic hydroxyl groups is 1. The van der Waals surface area contributed by atoms with Gasteiger partial charge in [-0.25, -0.2) is 4.79 Å². The Morgan fingerprint density at radius 3 is 1.97 bits per heavy atom. The Hall–Kier alpha value is -4.18. The fraction of sp³-hybridized carbons (Fsp3) is 0.267. The zero-order valence-electron chi connectivity index (χ0n) is 21.7. The molecule has 1 aliphatic heterocycles. The summed E-state index contributed by atoms with van der Waals surface area (Å²) < 4.78 is 24.9. The first-order chi connectivity index (χ1) is 18.9.